The lowest BCUT2D eigenvalue weighted by molar-refractivity contribution is -0.129. The van der Waals surface area contributed by atoms with E-state index in [0.717, 1.165) is 11.3 Å². The Balaban J connectivity index is 1.26. The summed E-state index contributed by atoms with van der Waals surface area (Å²) in [6.45, 7) is 1.06. The van der Waals surface area contributed by atoms with Gasteiger partial charge in [0.2, 0.25) is 17.7 Å². The van der Waals surface area contributed by atoms with Crippen molar-refractivity contribution in [3.8, 4) is 17.2 Å². The first kappa shape index (κ1) is 21.1. The number of ether oxygens (including phenoxy) is 1. The molecule has 3 atom stereocenters. The quantitative estimate of drug-likeness (QED) is 0.551. The normalized spacial score (nSPS) is 22.6. The van der Waals surface area contributed by atoms with Crippen LogP contribution in [-0.4, -0.2) is 74.8 Å². The Morgan fingerprint density at radius 3 is 2.85 bits per heavy atom. The van der Waals surface area contributed by atoms with Crippen molar-refractivity contribution < 1.29 is 18.7 Å². The molecule has 0 radical (unpaired) electrons. The maximum Gasteiger partial charge on any atom is 0.269 e. The Labute approximate surface area is 190 Å². The van der Waals surface area contributed by atoms with Crippen LogP contribution in [0.3, 0.4) is 0 Å². The Bertz CT molecular complexity index is 1160. The van der Waals surface area contributed by atoms with Crippen molar-refractivity contribution in [2.75, 3.05) is 20.2 Å². The minimum atomic E-state index is -0.301. The molecule has 5 rings (SSSR count). The second-order valence-corrected chi connectivity index (χ2v) is 8.34. The van der Waals surface area contributed by atoms with Crippen LogP contribution in [0.25, 0.3) is 11.5 Å². The fourth-order valence-electron chi connectivity index (χ4n) is 4.49. The van der Waals surface area contributed by atoms with Crippen LogP contribution >= 0.6 is 0 Å². The summed E-state index contributed by atoms with van der Waals surface area (Å²) in [7, 11) is 3.39. The smallest absolute Gasteiger partial charge is 0.269 e. The molecule has 33 heavy (non-hydrogen) atoms. The van der Waals surface area contributed by atoms with E-state index in [1.165, 1.54) is 6.20 Å². The standard InChI is InChI=1S/C22H25N7O4/c1-28-12-23-10-18(28)21(31)25-14-7-17-20(30)24-9-15(29(17)11-14)8-19-26-27-22(33-19)13-3-5-16(32-2)6-4-13/h3-6,10,12,14-15,17H,7-9,11H2,1-2H3,(H,24,30)(H,25,31)/t14-,15+,17-/m0/s1. The van der Waals surface area contributed by atoms with E-state index in [2.05, 4.69) is 30.7 Å². The van der Waals surface area contributed by atoms with E-state index in [0.29, 0.717) is 43.4 Å². The number of aromatic nitrogens is 4. The summed E-state index contributed by atoms with van der Waals surface area (Å²) < 4.78 is 12.7. The molecule has 11 heteroatoms. The molecule has 2 fully saturated rings. The van der Waals surface area contributed by atoms with Gasteiger partial charge in [-0.1, -0.05) is 0 Å². The zero-order valence-electron chi connectivity index (χ0n) is 18.4. The SMILES string of the molecule is COc1ccc(-c2nnc(C[C@@H]3CNC(=O)[C@@H]4C[C@H](NC(=O)c5cncn5C)CN34)o2)cc1. The number of benzene rings is 1. The van der Waals surface area contributed by atoms with E-state index in [4.69, 9.17) is 9.15 Å². The first-order valence-corrected chi connectivity index (χ1v) is 10.8. The molecule has 2 aliphatic heterocycles. The van der Waals surface area contributed by atoms with Gasteiger partial charge in [0.05, 0.1) is 25.7 Å². The van der Waals surface area contributed by atoms with E-state index in [1.807, 2.05) is 24.3 Å². The van der Waals surface area contributed by atoms with Gasteiger partial charge < -0.3 is 24.4 Å². The largest absolute Gasteiger partial charge is 0.497 e. The van der Waals surface area contributed by atoms with Crippen LogP contribution in [0.2, 0.25) is 0 Å². The van der Waals surface area contributed by atoms with Gasteiger partial charge in [-0.15, -0.1) is 10.2 Å². The Morgan fingerprint density at radius 2 is 2.12 bits per heavy atom. The highest BCUT2D eigenvalue weighted by Crippen LogP contribution is 2.27. The van der Waals surface area contributed by atoms with E-state index in [9.17, 15) is 9.59 Å². The van der Waals surface area contributed by atoms with Crippen LogP contribution in [0, 0.1) is 0 Å². The molecule has 1 aromatic carbocycles. The molecule has 2 amide bonds. The molecule has 2 saturated heterocycles. The van der Waals surface area contributed by atoms with Gasteiger partial charge in [-0.3, -0.25) is 14.5 Å². The topological polar surface area (TPSA) is 127 Å². The number of imidazole rings is 1. The van der Waals surface area contributed by atoms with Gasteiger partial charge in [0.1, 0.15) is 11.4 Å². The summed E-state index contributed by atoms with van der Waals surface area (Å²) in [4.78, 5) is 31.2. The van der Waals surface area contributed by atoms with Crippen molar-refractivity contribution in [2.24, 2.45) is 7.05 Å². The van der Waals surface area contributed by atoms with Gasteiger partial charge in [-0.2, -0.15) is 0 Å². The highest BCUT2D eigenvalue weighted by Gasteiger charge is 2.44. The molecule has 0 spiro atoms. The van der Waals surface area contributed by atoms with E-state index >= 15 is 0 Å². The van der Waals surface area contributed by atoms with Crippen LogP contribution in [0.1, 0.15) is 22.8 Å². The Hall–Kier alpha value is -3.73. The third-order valence-corrected chi connectivity index (χ3v) is 6.22. The van der Waals surface area contributed by atoms with Gasteiger partial charge in [-0.05, 0) is 30.7 Å². The van der Waals surface area contributed by atoms with Crippen molar-refractivity contribution in [1.82, 2.24) is 35.3 Å². The van der Waals surface area contributed by atoms with Crippen molar-refractivity contribution in [3.05, 3.63) is 48.4 Å². The van der Waals surface area contributed by atoms with Gasteiger partial charge in [0, 0.05) is 44.2 Å². The second-order valence-electron chi connectivity index (χ2n) is 8.34. The number of hydrogen-bond donors (Lipinski definition) is 2. The average molecular weight is 451 g/mol. The number of piperazine rings is 1. The molecule has 3 aromatic rings. The number of carbonyl (C=O) groups is 2. The van der Waals surface area contributed by atoms with E-state index in [1.54, 1.807) is 25.1 Å². The average Bonchev–Trinajstić information content (AvgIpc) is 3.56. The number of amides is 2. The number of aryl methyl sites for hydroxylation is 1. The molecule has 172 valence electrons. The number of nitrogens with one attached hydrogen (secondary N) is 2. The van der Waals surface area contributed by atoms with Crippen molar-refractivity contribution in [2.45, 2.75) is 31.0 Å². The van der Waals surface area contributed by atoms with Crippen molar-refractivity contribution >= 4 is 11.8 Å². The summed E-state index contributed by atoms with van der Waals surface area (Å²) in [5.74, 6) is 1.47. The lowest BCUT2D eigenvalue weighted by Crippen LogP contribution is -2.58. The number of methoxy groups -OCH3 is 1. The minimum absolute atomic E-state index is 0.00419. The maximum atomic E-state index is 12.6. The van der Waals surface area contributed by atoms with Crippen LogP contribution in [0.15, 0.2) is 41.2 Å². The maximum absolute atomic E-state index is 12.6. The van der Waals surface area contributed by atoms with E-state index < -0.39 is 0 Å². The number of nitrogens with zero attached hydrogens (tertiary/aromatic N) is 5. The highest BCUT2D eigenvalue weighted by molar-refractivity contribution is 5.92. The molecular formula is C22H25N7O4. The minimum Gasteiger partial charge on any atom is -0.497 e. The molecule has 0 saturated carbocycles. The molecule has 4 heterocycles. The van der Waals surface area contributed by atoms with Crippen molar-refractivity contribution in [1.29, 1.82) is 0 Å². The molecule has 2 N–H and O–H groups in total. The molecular weight excluding hydrogens is 426 g/mol. The number of hydrogen-bond acceptors (Lipinski definition) is 8. The molecule has 2 aliphatic rings. The summed E-state index contributed by atoms with van der Waals surface area (Å²) in [5, 5.41) is 14.4. The molecule has 0 bridgehead atoms. The Kier molecular flexibility index (Phi) is 5.55. The number of fused-ring (bicyclic) bond motifs is 1. The van der Waals surface area contributed by atoms with Gasteiger partial charge in [0.25, 0.3) is 5.91 Å². The lowest BCUT2D eigenvalue weighted by atomic mass is 10.1. The van der Waals surface area contributed by atoms with Gasteiger partial charge in [-0.25, -0.2) is 4.98 Å². The van der Waals surface area contributed by atoms with Gasteiger partial charge in [0.15, 0.2) is 0 Å². The fraction of sp³-hybridized carbons (Fsp3) is 0.409. The molecule has 2 aromatic heterocycles. The van der Waals surface area contributed by atoms with Crippen molar-refractivity contribution in [3.63, 3.8) is 0 Å². The number of carbonyl (C=O) groups excluding carboxylic acids is 2. The zero-order valence-corrected chi connectivity index (χ0v) is 18.4. The highest BCUT2D eigenvalue weighted by atomic mass is 16.5. The van der Waals surface area contributed by atoms with Gasteiger partial charge >= 0.3 is 0 Å². The molecule has 0 unspecified atom stereocenters. The van der Waals surface area contributed by atoms with Crippen LogP contribution in [0.5, 0.6) is 5.75 Å². The third-order valence-electron chi connectivity index (χ3n) is 6.22. The summed E-state index contributed by atoms with van der Waals surface area (Å²) >= 11 is 0. The lowest BCUT2D eigenvalue weighted by Gasteiger charge is -2.36. The second kappa shape index (κ2) is 8.66. The Morgan fingerprint density at radius 1 is 1.30 bits per heavy atom. The monoisotopic (exact) mass is 451 g/mol. The first-order valence-electron chi connectivity index (χ1n) is 10.8. The summed E-state index contributed by atoms with van der Waals surface area (Å²) in [6.07, 6.45) is 4.17. The predicted molar refractivity (Wildman–Crippen MR) is 116 cm³/mol. The number of rotatable bonds is 6. The predicted octanol–water partition coefficient (Wildman–Crippen LogP) is 0.393. The van der Waals surface area contributed by atoms with Crippen LogP contribution in [-0.2, 0) is 18.3 Å². The first-order chi connectivity index (χ1) is 16.0. The summed E-state index contributed by atoms with van der Waals surface area (Å²) in [5.41, 5.74) is 1.29. The van der Waals surface area contributed by atoms with Crippen LogP contribution < -0.4 is 15.4 Å². The summed E-state index contributed by atoms with van der Waals surface area (Å²) in [6, 6.07) is 6.96. The fourth-order valence-corrected chi connectivity index (χ4v) is 4.49. The molecule has 0 aliphatic carbocycles. The molecule has 11 nitrogen and oxygen atoms in total. The van der Waals surface area contributed by atoms with E-state index in [-0.39, 0.29) is 29.9 Å². The third kappa shape index (κ3) is 4.19. The zero-order chi connectivity index (χ0) is 22.9. The van der Waals surface area contributed by atoms with Crippen LogP contribution in [0.4, 0.5) is 0 Å².